The van der Waals surface area contributed by atoms with Crippen molar-refractivity contribution in [2.24, 2.45) is 0 Å². The van der Waals surface area contributed by atoms with E-state index in [0.29, 0.717) is 0 Å². The van der Waals surface area contributed by atoms with Crippen molar-refractivity contribution in [2.45, 2.75) is 13.0 Å². The fourth-order valence-electron chi connectivity index (χ4n) is 2.20. The molecule has 0 saturated heterocycles. The van der Waals surface area contributed by atoms with Gasteiger partial charge in [0.05, 0.1) is 6.04 Å². The lowest BCUT2D eigenvalue weighted by molar-refractivity contribution is 0.458. The van der Waals surface area contributed by atoms with Gasteiger partial charge in [0.2, 0.25) is 0 Å². The number of nitrogens with zero attached hydrogens (tertiary/aromatic N) is 1. The van der Waals surface area contributed by atoms with Gasteiger partial charge >= 0.3 is 0 Å². The van der Waals surface area contributed by atoms with E-state index in [9.17, 15) is 0 Å². The zero-order chi connectivity index (χ0) is 13.2. The quantitative estimate of drug-likeness (QED) is 0.771. The van der Waals surface area contributed by atoms with Crippen LogP contribution in [0.25, 0.3) is 22.1 Å². The fourth-order valence-corrected chi connectivity index (χ4v) is 2.20. The second kappa shape index (κ2) is 4.86. The summed E-state index contributed by atoms with van der Waals surface area (Å²) < 4.78 is 5.94. The van der Waals surface area contributed by atoms with Gasteiger partial charge < -0.3 is 9.73 Å². The summed E-state index contributed by atoms with van der Waals surface area (Å²) >= 11 is 0. The van der Waals surface area contributed by atoms with E-state index < -0.39 is 0 Å². The lowest BCUT2D eigenvalue weighted by atomic mass is 10.1. The first kappa shape index (κ1) is 11.9. The Labute approximate surface area is 112 Å². The van der Waals surface area contributed by atoms with E-state index in [1.54, 1.807) is 0 Å². The van der Waals surface area contributed by atoms with Crippen LogP contribution in [-0.4, -0.2) is 12.0 Å². The standard InChI is InChI=1S/C16H16N2O/c1-11(17-2)15-6-7-16(19-15)13-5-3-4-12-8-9-18-10-14(12)13/h3-11,17H,1-2H3. The van der Waals surface area contributed by atoms with Crippen molar-refractivity contribution >= 4 is 10.8 Å². The van der Waals surface area contributed by atoms with Crippen molar-refractivity contribution in [3.05, 3.63) is 54.6 Å². The van der Waals surface area contributed by atoms with E-state index in [1.807, 2.05) is 43.7 Å². The molecule has 0 aliphatic heterocycles. The van der Waals surface area contributed by atoms with E-state index in [4.69, 9.17) is 4.42 Å². The van der Waals surface area contributed by atoms with Gasteiger partial charge in [0, 0.05) is 23.3 Å². The van der Waals surface area contributed by atoms with Gasteiger partial charge in [-0.2, -0.15) is 0 Å². The molecule has 3 nitrogen and oxygen atoms in total. The molecule has 0 radical (unpaired) electrons. The summed E-state index contributed by atoms with van der Waals surface area (Å²) in [6.45, 7) is 2.08. The van der Waals surface area contributed by atoms with Crippen LogP contribution in [0.4, 0.5) is 0 Å². The molecule has 19 heavy (non-hydrogen) atoms. The highest BCUT2D eigenvalue weighted by Gasteiger charge is 2.11. The topological polar surface area (TPSA) is 38.1 Å². The highest BCUT2D eigenvalue weighted by Crippen LogP contribution is 2.30. The van der Waals surface area contributed by atoms with E-state index in [0.717, 1.165) is 22.5 Å². The van der Waals surface area contributed by atoms with E-state index in [-0.39, 0.29) is 6.04 Å². The summed E-state index contributed by atoms with van der Waals surface area (Å²) in [5.41, 5.74) is 1.08. The van der Waals surface area contributed by atoms with Crippen LogP contribution in [0, 0.1) is 0 Å². The Kier molecular flexibility index (Phi) is 3.05. The lowest BCUT2D eigenvalue weighted by Crippen LogP contribution is -2.10. The second-order valence-corrected chi connectivity index (χ2v) is 4.61. The van der Waals surface area contributed by atoms with Crippen molar-refractivity contribution in [1.29, 1.82) is 0 Å². The van der Waals surface area contributed by atoms with Crippen LogP contribution in [0.15, 0.2) is 53.2 Å². The van der Waals surface area contributed by atoms with E-state index in [1.165, 1.54) is 5.39 Å². The van der Waals surface area contributed by atoms with Gasteiger partial charge in [0.1, 0.15) is 11.5 Å². The molecule has 1 unspecified atom stereocenters. The third kappa shape index (κ3) is 2.13. The average molecular weight is 252 g/mol. The number of aromatic nitrogens is 1. The molecular weight excluding hydrogens is 236 g/mol. The maximum Gasteiger partial charge on any atom is 0.135 e. The Bertz CT molecular complexity index is 697. The van der Waals surface area contributed by atoms with Crippen LogP contribution in [0.2, 0.25) is 0 Å². The van der Waals surface area contributed by atoms with Gasteiger partial charge in [-0.15, -0.1) is 0 Å². The zero-order valence-electron chi connectivity index (χ0n) is 11.1. The molecule has 3 aromatic rings. The minimum Gasteiger partial charge on any atom is -0.459 e. The summed E-state index contributed by atoms with van der Waals surface area (Å²) in [5, 5.41) is 5.46. The molecule has 0 fully saturated rings. The summed E-state index contributed by atoms with van der Waals surface area (Å²) in [4.78, 5) is 4.20. The number of benzene rings is 1. The molecule has 0 saturated carbocycles. The van der Waals surface area contributed by atoms with E-state index in [2.05, 4.69) is 29.4 Å². The number of hydrogen-bond donors (Lipinski definition) is 1. The minimum atomic E-state index is 0.210. The highest BCUT2D eigenvalue weighted by molar-refractivity contribution is 5.94. The molecule has 1 aromatic carbocycles. The Morgan fingerprint density at radius 3 is 2.89 bits per heavy atom. The first-order valence-corrected chi connectivity index (χ1v) is 6.39. The Balaban J connectivity index is 2.12. The first-order chi connectivity index (χ1) is 9.29. The molecule has 0 bridgehead atoms. The Morgan fingerprint density at radius 2 is 2.05 bits per heavy atom. The van der Waals surface area contributed by atoms with Crippen LogP contribution in [-0.2, 0) is 0 Å². The second-order valence-electron chi connectivity index (χ2n) is 4.61. The van der Waals surface area contributed by atoms with Gasteiger partial charge in [0.15, 0.2) is 0 Å². The molecule has 96 valence electrons. The highest BCUT2D eigenvalue weighted by atomic mass is 16.3. The maximum absolute atomic E-state index is 5.94. The molecule has 2 aromatic heterocycles. The summed E-state index contributed by atoms with van der Waals surface area (Å²) in [6.07, 6.45) is 3.69. The average Bonchev–Trinajstić information content (AvgIpc) is 2.95. The third-order valence-electron chi connectivity index (χ3n) is 3.44. The summed E-state index contributed by atoms with van der Waals surface area (Å²) in [6, 6.07) is 12.5. The van der Waals surface area contributed by atoms with Crippen LogP contribution in [0.5, 0.6) is 0 Å². The zero-order valence-corrected chi connectivity index (χ0v) is 11.1. The lowest BCUT2D eigenvalue weighted by Gasteiger charge is -2.06. The molecule has 0 aliphatic carbocycles. The minimum absolute atomic E-state index is 0.210. The van der Waals surface area contributed by atoms with Crippen molar-refractivity contribution in [1.82, 2.24) is 10.3 Å². The Morgan fingerprint density at radius 1 is 1.16 bits per heavy atom. The van der Waals surface area contributed by atoms with Crippen molar-refractivity contribution in [3.8, 4) is 11.3 Å². The number of fused-ring (bicyclic) bond motifs is 1. The molecular formula is C16H16N2O. The summed E-state index contributed by atoms with van der Waals surface area (Å²) in [5.74, 6) is 1.83. The smallest absolute Gasteiger partial charge is 0.135 e. The van der Waals surface area contributed by atoms with Crippen LogP contribution in [0.1, 0.15) is 18.7 Å². The Hall–Kier alpha value is -2.13. The molecule has 0 spiro atoms. The number of pyridine rings is 1. The SMILES string of the molecule is CNC(C)c1ccc(-c2cccc3ccncc23)o1. The molecule has 3 heteroatoms. The maximum atomic E-state index is 5.94. The normalized spacial score (nSPS) is 12.7. The fraction of sp³-hybridized carbons (Fsp3) is 0.188. The predicted octanol–water partition coefficient (Wildman–Crippen LogP) is 3.78. The predicted molar refractivity (Wildman–Crippen MR) is 76.9 cm³/mol. The van der Waals surface area contributed by atoms with Crippen molar-refractivity contribution < 1.29 is 4.42 Å². The molecule has 3 rings (SSSR count). The number of nitrogens with one attached hydrogen (secondary N) is 1. The summed E-state index contributed by atoms with van der Waals surface area (Å²) in [7, 11) is 1.93. The first-order valence-electron chi connectivity index (χ1n) is 6.39. The monoisotopic (exact) mass is 252 g/mol. The van der Waals surface area contributed by atoms with Crippen molar-refractivity contribution in [3.63, 3.8) is 0 Å². The van der Waals surface area contributed by atoms with Crippen LogP contribution < -0.4 is 5.32 Å². The number of hydrogen-bond acceptors (Lipinski definition) is 3. The van der Waals surface area contributed by atoms with Crippen molar-refractivity contribution in [2.75, 3.05) is 7.05 Å². The van der Waals surface area contributed by atoms with Crippen LogP contribution in [0.3, 0.4) is 0 Å². The van der Waals surface area contributed by atoms with Gasteiger partial charge in [-0.05, 0) is 37.6 Å². The van der Waals surface area contributed by atoms with Gasteiger partial charge in [0.25, 0.3) is 0 Å². The van der Waals surface area contributed by atoms with Gasteiger partial charge in [-0.25, -0.2) is 0 Å². The largest absolute Gasteiger partial charge is 0.459 e. The number of rotatable bonds is 3. The van der Waals surface area contributed by atoms with Crippen LogP contribution >= 0.6 is 0 Å². The number of furan rings is 1. The molecule has 2 heterocycles. The molecule has 1 atom stereocenters. The third-order valence-corrected chi connectivity index (χ3v) is 3.44. The van der Waals surface area contributed by atoms with Gasteiger partial charge in [-0.3, -0.25) is 4.98 Å². The van der Waals surface area contributed by atoms with Gasteiger partial charge in [-0.1, -0.05) is 18.2 Å². The molecule has 0 amide bonds. The molecule has 1 N–H and O–H groups in total. The van der Waals surface area contributed by atoms with E-state index >= 15 is 0 Å². The molecule has 0 aliphatic rings.